The van der Waals surface area contributed by atoms with E-state index in [9.17, 15) is 4.79 Å². The molecule has 2 N–H and O–H groups in total. The van der Waals surface area contributed by atoms with Gasteiger partial charge in [0.25, 0.3) is 0 Å². The first kappa shape index (κ1) is 12.2. The van der Waals surface area contributed by atoms with E-state index in [0.29, 0.717) is 12.0 Å². The number of halogens is 1. The van der Waals surface area contributed by atoms with E-state index in [2.05, 4.69) is 38.7 Å². The van der Waals surface area contributed by atoms with Gasteiger partial charge in [-0.1, -0.05) is 28.1 Å². The Morgan fingerprint density at radius 1 is 1.44 bits per heavy atom. The van der Waals surface area contributed by atoms with Crippen molar-refractivity contribution in [1.82, 2.24) is 10.6 Å². The lowest BCUT2D eigenvalue weighted by atomic mass is 10.1. The largest absolute Gasteiger partial charge is 0.352 e. The van der Waals surface area contributed by atoms with Crippen LogP contribution in [-0.2, 0) is 4.79 Å². The van der Waals surface area contributed by atoms with Gasteiger partial charge in [0.15, 0.2) is 0 Å². The second-order valence-electron chi connectivity index (χ2n) is 5.20. The first-order valence-electron chi connectivity index (χ1n) is 6.50. The molecule has 2 aliphatic rings. The summed E-state index contributed by atoms with van der Waals surface area (Å²) in [6.07, 6.45) is 2.04. The van der Waals surface area contributed by atoms with E-state index in [4.69, 9.17) is 0 Å². The molecule has 1 aliphatic heterocycles. The van der Waals surface area contributed by atoms with Crippen LogP contribution < -0.4 is 10.6 Å². The summed E-state index contributed by atoms with van der Waals surface area (Å²) in [5.74, 6) is 0.824. The smallest absolute Gasteiger partial charge is 0.224 e. The monoisotopic (exact) mass is 308 g/mol. The molecule has 2 fully saturated rings. The maximum absolute atomic E-state index is 12.1. The second kappa shape index (κ2) is 5.02. The van der Waals surface area contributed by atoms with Crippen LogP contribution >= 0.6 is 15.9 Å². The van der Waals surface area contributed by atoms with Crippen molar-refractivity contribution in [3.63, 3.8) is 0 Å². The molecule has 0 aromatic heterocycles. The molecule has 96 valence electrons. The van der Waals surface area contributed by atoms with E-state index in [1.165, 1.54) is 5.56 Å². The molecule has 3 rings (SSSR count). The Labute approximate surface area is 115 Å². The van der Waals surface area contributed by atoms with Crippen LogP contribution in [0.2, 0.25) is 0 Å². The molecule has 3 nitrogen and oxygen atoms in total. The third kappa shape index (κ3) is 2.59. The summed E-state index contributed by atoms with van der Waals surface area (Å²) in [6.45, 7) is 1.94. The van der Waals surface area contributed by atoms with E-state index in [0.717, 1.165) is 30.4 Å². The summed E-state index contributed by atoms with van der Waals surface area (Å²) in [5.41, 5.74) is 1.27. The van der Waals surface area contributed by atoms with Crippen LogP contribution in [0.25, 0.3) is 0 Å². The molecular formula is C14H17BrN2O. The van der Waals surface area contributed by atoms with Gasteiger partial charge in [-0.3, -0.25) is 4.79 Å². The Kier molecular flexibility index (Phi) is 3.39. The first-order valence-corrected chi connectivity index (χ1v) is 7.30. The lowest BCUT2D eigenvalue weighted by molar-refractivity contribution is -0.123. The molecule has 1 aromatic carbocycles. The zero-order valence-electron chi connectivity index (χ0n) is 10.2. The van der Waals surface area contributed by atoms with Crippen LogP contribution in [0.1, 0.15) is 24.3 Å². The highest BCUT2D eigenvalue weighted by Crippen LogP contribution is 2.48. The average Bonchev–Trinajstić information content (AvgIpc) is 3.01. The molecule has 3 atom stereocenters. The minimum Gasteiger partial charge on any atom is -0.352 e. The molecule has 3 unspecified atom stereocenters. The van der Waals surface area contributed by atoms with Gasteiger partial charge in [0.1, 0.15) is 0 Å². The molecule has 0 spiro atoms. The van der Waals surface area contributed by atoms with E-state index >= 15 is 0 Å². The molecule has 1 heterocycles. The zero-order valence-corrected chi connectivity index (χ0v) is 11.7. The number of carbonyl (C=O) groups excluding carboxylic acids is 1. The fraction of sp³-hybridized carbons (Fsp3) is 0.500. The third-order valence-corrected chi connectivity index (χ3v) is 4.30. The predicted octanol–water partition coefficient (Wildman–Crippen LogP) is 2.03. The molecule has 18 heavy (non-hydrogen) atoms. The fourth-order valence-electron chi connectivity index (χ4n) is 2.68. The molecule has 1 amide bonds. The number of hydrogen-bond donors (Lipinski definition) is 2. The van der Waals surface area contributed by atoms with Crippen molar-refractivity contribution < 1.29 is 4.79 Å². The van der Waals surface area contributed by atoms with Gasteiger partial charge in [0, 0.05) is 23.0 Å². The Bertz CT molecular complexity index is 457. The summed E-state index contributed by atoms with van der Waals surface area (Å²) < 4.78 is 1.09. The quantitative estimate of drug-likeness (QED) is 0.897. The Hall–Kier alpha value is -0.870. The van der Waals surface area contributed by atoms with Crippen LogP contribution in [0, 0.1) is 5.92 Å². The van der Waals surface area contributed by atoms with Crippen molar-refractivity contribution in [2.24, 2.45) is 5.92 Å². The highest BCUT2D eigenvalue weighted by molar-refractivity contribution is 9.10. The maximum atomic E-state index is 12.1. The predicted molar refractivity (Wildman–Crippen MR) is 74.4 cm³/mol. The Balaban J connectivity index is 1.58. The van der Waals surface area contributed by atoms with Gasteiger partial charge in [0.2, 0.25) is 5.91 Å². The van der Waals surface area contributed by atoms with Gasteiger partial charge in [-0.15, -0.1) is 0 Å². The van der Waals surface area contributed by atoms with E-state index in [-0.39, 0.29) is 11.8 Å². The number of hydrogen-bond acceptors (Lipinski definition) is 2. The van der Waals surface area contributed by atoms with Crippen LogP contribution in [0.5, 0.6) is 0 Å². The van der Waals surface area contributed by atoms with Crippen LogP contribution in [-0.4, -0.2) is 25.0 Å². The standard InChI is InChI=1S/C14H17BrN2O/c15-10-3-1-2-9(6-10)12-7-13(12)14(18)17-11-4-5-16-8-11/h1-3,6,11-13,16H,4-5,7-8H2,(H,17,18). The van der Waals surface area contributed by atoms with E-state index in [1.807, 2.05) is 12.1 Å². The molecule has 0 radical (unpaired) electrons. The molecule has 1 saturated carbocycles. The maximum Gasteiger partial charge on any atom is 0.224 e. The summed E-state index contributed by atoms with van der Waals surface area (Å²) >= 11 is 3.48. The fourth-order valence-corrected chi connectivity index (χ4v) is 3.09. The topological polar surface area (TPSA) is 41.1 Å². The summed E-state index contributed by atoms with van der Waals surface area (Å²) in [6, 6.07) is 8.62. The molecule has 4 heteroatoms. The second-order valence-corrected chi connectivity index (χ2v) is 6.12. The normalized spacial score (nSPS) is 30.2. The first-order chi connectivity index (χ1) is 8.74. The molecule has 1 saturated heterocycles. The summed E-state index contributed by atoms with van der Waals surface area (Å²) in [4.78, 5) is 12.1. The van der Waals surface area contributed by atoms with Crippen LogP contribution in [0.15, 0.2) is 28.7 Å². The molecular weight excluding hydrogens is 292 g/mol. The third-order valence-electron chi connectivity index (χ3n) is 3.81. The highest BCUT2D eigenvalue weighted by atomic mass is 79.9. The number of amides is 1. The zero-order chi connectivity index (χ0) is 12.5. The lowest BCUT2D eigenvalue weighted by Gasteiger charge is -2.11. The van der Waals surface area contributed by atoms with Gasteiger partial charge in [-0.25, -0.2) is 0 Å². The minimum absolute atomic E-state index is 0.180. The van der Waals surface area contributed by atoms with Gasteiger partial charge < -0.3 is 10.6 Å². The number of benzene rings is 1. The number of rotatable bonds is 3. The van der Waals surface area contributed by atoms with Crippen LogP contribution in [0.3, 0.4) is 0 Å². The molecule has 1 aliphatic carbocycles. The van der Waals surface area contributed by atoms with Crippen molar-refractivity contribution in [3.05, 3.63) is 34.3 Å². The summed E-state index contributed by atoms with van der Waals surface area (Å²) in [5, 5.41) is 6.41. The molecule has 0 bridgehead atoms. The lowest BCUT2D eigenvalue weighted by Crippen LogP contribution is -2.37. The van der Waals surface area contributed by atoms with Crippen molar-refractivity contribution in [2.45, 2.75) is 24.8 Å². The number of carbonyl (C=O) groups is 1. The SMILES string of the molecule is O=C(NC1CCNC1)C1CC1c1cccc(Br)c1. The van der Waals surface area contributed by atoms with Crippen molar-refractivity contribution in [3.8, 4) is 0 Å². The number of nitrogens with one attached hydrogen (secondary N) is 2. The van der Waals surface area contributed by atoms with Gasteiger partial charge in [0.05, 0.1) is 0 Å². The minimum atomic E-state index is 0.180. The Morgan fingerprint density at radius 3 is 3.06 bits per heavy atom. The average molecular weight is 309 g/mol. The Morgan fingerprint density at radius 2 is 2.33 bits per heavy atom. The summed E-state index contributed by atoms with van der Waals surface area (Å²) in [7, 11) is 0. The molecule has 1 aromatic rings. The highest BCUT2D eigenvalue weighted by Gasteiger charge is 2.44. The van der Waals surface area contributed by atoms with Gasteiger partial charge in [-0.05, 0) is 43.0 Å². The van der Waals surface area contributed by atoms with Gasteiger partial charge in [-0.2, -0.15) is 0 Å². The van der Waals surface area contributed by atoms with Crippen molar-refractivity contribution >= 4 is 21.8 Å². The van der Waals surface area contributed by atoms with E-state index < -0.39 is 0 Å². The van der Waals surface area contributed by atoms with E-state index in [1.54, 1.807) is 0 Å². The van der Waals surface area contributed by atoms with Crippen molar-refractivity contribution in [2.75, 3.05) is 13.1 Å². The van der Waals surface area contributed by atoms with Crippen molar-refractivity contribution in [1.29, 1.82) is 0 Å². The van der Waals surface area contributed by atoms with Crippen LogP contribution in [0.4, 0.5) is 0 Å². The van der Waals surface area contributed by atoms with Gasteiger partial charge >= 0.3 is 0 Å².